The van der Waals surface area contributed by atoms with Crippen molar-refractivity contribution in [3.05, 3.63) is 52.8 Å². The maximum Gasteiger partial charge on any atom is 0.185 e. The summed E-state index contributed by atoms with van der Waals surface area (Å²) in [4.78, 5) is 12.1. The van der Waals surface area contributed by atoms with Gasteiger partial charge in [0.25, 0.3) is 0 Å². The summed E-state index contributed by atoms with van der Waals surface area (Å²) in [5.41, 5.74) is 3.49. The zero-order chi connectivity index (χ0) is 13.1. The summed E-state index contributed by atoms with van der Waals surface area (Å²) in [7, 11) is 1.76. The minimum absolute atomic E-state index is 0.0246. The van der Waals surface area contributed by atoms with Crippen LogP contribution in [0.2, 0.25) is 0 Å². The third-order valence-corrected chi connectivity index (χ3v) is 3.05. The van der Waals surface area contributed by atoms with Crippen LogP contribution in [-0.4, -0.2) is 20.7 Å². The second kappa shape index (κ2) is 5.14. The predicted molar refractivity (Wildman–Crippen MR) is 68.3 cm³/mol. The normalized spacial score (nSPS) is 10.6. The Hall–Kier alpha value is -1.94. The molecule has 94 valence electrons. The Morgan fingerprint density at radius 1 is 1.39 bits per heavy atom. The molecule has 0 unspecified atom stereocenters. The van der Waals surface area contributed by atoms with Gasteiger partial charge in [0.2, 0.25) is 0 Å². The SMILES string of the molecule is Cc1cc(CO)ccc1CC(=O)c1ccnn1C. The van der Waals surface area contributed by atoms with Gasteiger partial charge in [-0.3, -0.25) is 9.48 Å². The molecule has 4 heteroatoms. The lowest BCUT2D eigenvalue weighted by atomic mass is 10.00. The molecular weight excluding hydrogens is 228 g/mol. The number of aryl methyl sites for hydroxylation is 2. The van der Waals surface area contributed by atoms with Crippen molar-refractivity contribution in [1.29, 1.82) is 0 Å². The van der Waals surface area contributed by atoms with Gasteiger partial charge in [-0.05, 0) is 29.7 Å². The number of Topliss-reactive ketones (excluding diaryl/α,β-unsaturated/α-hetero) is 1. The minimum atomic E-state index is 0.0246. The largest absolute Gasteiger partial charge is 0.392 e. The van der Waals surface area contributed by atoms with Gasteiger partial charge in [-0.25, -0.2) is 0 Å². The summed E-state index contributed by atoms with van der Waals surface area (Å²) < 4.78 is 1.58. The molecule has 18 heavy (non-hydrogen) atoms. The smallest absolute Gasteiger partial charge is 0.185 e. The highest BCUT2D eigenvalue weighted by Crippen LogP contribution is 2.14. The Morgan fingerprint density at radius 3 is 2.72 bits per heavy atom. The van der Waals surface area contributed by atoms with Crippen LogP contribution in [0.25, 0.3) is 0 Å². The fourth-order valence-electron chi connectivity index (χ4n) is 1.97. The summed E-state index contributed by atoms with van der Waals surface area (Å²) in [5.74, 6) is 0.0508. The van der Waals surface area contributed by atoms with E-state index in [1.54, 1.807) is 24.0 Å². The summed E-state index contributed by atoms with van der Waals surface area (Å²) in [6, 6.07) is 7.37. The summed E-state index contributed by atoms with van der Waals surface area (Å²) in [6.45, 7) is 1.97. The van der Waals surface area contributed by atoms with Gasteiger partial charge < -0.3 is 5.11 Å². The number of aliphatic hydroxyl groups is 1. The molecule has 0 fully saturated rings. The van der Waals surface area contributed by atoms with Crippen LogP contribution in [0, 0.1) is 6.92 Å². The molecule has 0 radical (unpaired) electrons. The first-order chi connectivity index (χ1) is 8.61. The van der Waals surface area contributed by atoms with Crippen molar-refractivity contribution >= 4 is 5.78 Å². The molecule has 1 N–H and O–H groups in total. The monoisotopic (exact) mass is 244 g/mol. The molecule has 0 saturated carbocycles. The molecule has 0 aliphatic carbocycles. The number of ketones is 1. The number of benzene rings is 1. The Balaban J connectivity index is 2.20. The van der Waals surface area contributed by atoms with E-state index in [2.05, 4.69) is 5.10 Å². The van der Waals surface area contributed by atoms with E-state index in [1.807, 2.05) is 25.1 Å². The molecular formula is C14H16N2O2. The zero-order valence-electron chi connectivity index (χ0n) is 10.6. The molecule has 1 aromatic carbocycles. The van der Waals surface area contributed by atoms with Crippen LogP contribution in [0.5, 0.6) is 0 Å². The van der Waals surface area contributed by atoms with Crippen molar-refractivity contribution in [2.24, 2.45) is 7.05 Å². The maximum atomic E-state index is 12.1. The average Bonchev–Trinajstić information content (AvgIpc) is 2.78. The van der Waals surface area contributed by atoms with Crippen LogP contribution >= 0.6 is 0 Å². The first kappa shape index (κ1) is 12.5. The number of rotatable bonds is 4. The van der Waals surface area contributed by atoms with Crippen LogP contribution in [0.1, 0.15) is 27.2 Å². The van der Waals surface area contributed by atoms with Crippen molar-refractivity contribution in [2.45, 2.75) is 20.0 Å². The lowest BCUT2D eigenvalue weighted by Crippen LogP contribution is -2.10. The van der Waals surface area contributed by atoms with Gasteiger partial charge in [-0.15, -0.1) is 0 Å². The quantitative estimate of drug-likeness (QED) is 0.832. The van der Waals surface area contributed by atoms with E-state index in [4.69, 9.17) is 5.11 Å². The first-order valence-electron chi connectivity index (χ1n) is 5.82. The van der Waals surface area contributed by atoms with Crippen molar-refractivity contribution in [1.82, 2.24) is 9.78 Å². The standard InChI is InChI=1S/C14H16N2O2/c1-10-7-11(9-17)3-4-12(10)8-14(18)13-5-6-15-16(13)2/h3-7,17H,8-9H2,1-2H3. The molecule has 0 aliphatic heterocycles. The third-order valence-electron chi connectivity index (χ3n) is 3.05. The Labute approximate surface area is 106 Å². The van der Waals surface area contributed by atoms with E-state index in [9.17, 15) is 4.79 Å². The van der Waals surface area contributed by atoms with Gasteiger partial charge >= 0.3 is 0 Å². The van der Waals surface area contributed by atoms with E-state index in [-0.39, 0.29) is 12.4 Å². The highest BCUT2D eigenvalue weighted by Gasteiger charge is 2.12. The minimum Gasteiger partial charge on any atom is -0.392 e. The van der Waals surface area contributed by atoms with Crippen molar-refractivity contribution in [2.75, 3.05) is 0 Å². The average molecular weight is 244 g/mol. The number of aromatic nitrogens is 2. The van der Waals surface area contributed by atoms with E-state index in [0.29, 0.717) is 12.1 Å². The molecule has 1 heterocycles. The van der Waals surface area contributed by atoms with Gasteiger partial charge in [0, 0.05) is 19.7 Å². The molecule has 0 amide bonds. The van der Waals surface area contributed by atoms with Gasteiger partial charge in [0.15, 0.2) is 5.78 Å². The summed E-state index contributed by atoms with van der Waals surface area (Å²) in [6.07, 6.45) is 1.98. The number of carbonyl (C=O) groups is 1. The zero-order valence-corrected chi connectivity index (χ0v) is 10.6. The highest BCUT2D eigenvalue weighted by atomic mass is 16.3. The predicted octanol–water partition coefficient (Wildman–Crippen LogP) is 1.65. The number of hydrogen-bond acceptors (Lipinski definition) is 3. The number of aliphatic hydroxyl groups excluding tert-OH is 1. The molecule has 4 nitrogen and oxygen atoms in total. The summed E-state index contributed by atoms with van der Waals surface area (Å²) in [5, 5.41) is 13.0. The van der Waals surface area contributed by atoms with Gasteiger partial charge in [-0.2, -0.15) is 5.10 Å². The van der Waals surface area contributed by atoms with Crippen LogP contribution in [0.15, 0.2) is 30.5 Å². The van der Waals surface area contributed by atoms with Crippen LogP contribution in [0.4, 0.5) is 0 Å². The van der Waals surface area contributed by atoms with Gasteiger partial charge in [0.1, 0.15) is 5.69 Å². The molecule has 2 aromatic rings. The molecule has 0 atom stereocenters. The Bertz CT molecular complexity index is 573. The Morgan fingerprint density at radius 2 is 2.17 bits per heavy atom. The number of hydrogen-bond donors (Lipinski definition) is 1. The van der Waals surface area contributed by atoms with Gasteiger partial charge in [0.05, 0.1) is 6.61 Å². The second-order valence-electron chi connectivity index (χ2n) is 4.36. The third kappa shape index (κ3) is 2.49. The second-order valence-corrected chi connectivity index (χ2v) is 4.36. The van der Waals surface area contributed by atoms with Crippen molar-refractivity contribution in [3.8, 4) is 0 Å². The van der Waals surface area contributed by atoms with E-state index in [1.165, 1.54) is 0 Å². The highest BCUT2D eigenvalue weighted by molar-refractivity contribution is 5.96. The number of nitrogens with zero attached hydrogens (tertiary/aromatic N) is 2. The van der Waals surface area contributed by atoms with Crippen molar-refractivity contribution in [3.63, 3.8) is 0 Å². The summed E-state index contributed by atoms with van der Waals surface area (Å²) >= 11 is 0. The van der Waals surface area contributed by atoms with Crippen molar-refractivity contribution < 1.29 is 9.90 Å². The molecule has 0 bridgehead atoms. The topological polar surface area (TPSA) is 55.1 Å². The van der Waals surface area contributed by atoms with Gasteiger partial charge in [-0.1, -0.05) is 18.2 Å². The molecule has 1 aromatic heterocycles. The molecule has 0 spiro atoms. The Kier molecular flexibility index (Phi) is 3.58. The molecule has 0 aliphatic rings. The molecule has 2 rings (SSSR count). The number of carbonyl (C=O) groups excluding carboxylic acids is 1. The maximum absolute atomic E-state index is 12.1. The van der Waals surface area contributed by atoms with Crippen LogP contribution in [-0.2, 0) is 20.1 Å². The van der Waals surface area contributed by atoms with E-state index in [0.717, 1.165) is 16.7 Å². The fraction of sp³-hybridized carbons (Fsp3) is 0.286. The lowest BCUT2D eigenvalue weighted by Gasteiger charge is -2.07. The van der Waals surface area contributed by atoms with Crippen LogP contribution < -0.4 is 0 Å². The van der Waals surface area contributed by atoms with E-state index >= 15 is 0 Å². The molecule has 0 saturated heterocycles. The van der Waals surface area contributed by atoms with Crippen LogP contribution in [0.3, 0.4) is 0 Å². The van der Waals surface area contributed by atoms with E-state index < -0.39 is 0 Å². The fourth-order valence-corrected chi connectivity index (χ4v) is 1.97. The first-order valence-corrected chi connectivity index (χ1v) is 5.82. The lowest BCUT2D eigenvalue weighted by molar-refractivity contribution is 0.0984.